The van der Waals surface area contributed by atoms with Crippen LogP contribution in [0.25, 0.3) is 0 Å². The van der Waals surface area contributed by atoms with Crippen molar-refractivity contribution in [1.82, 2.24) is 10.2 Å². The standard InChI is InChI=1S/C8H5ClN4O2S2/c9-5-3-4(13(14)15)1-2-6(5)10-7-11-12-8(16)17-7/h1-3H,(H,10,11)(H,12,16). The summed E-state index contributed by atoms with van der Waals surface area (Å²) < 4.78 is 0.533. The van der Waals surface area contributed by atoms with Crippen LogP contribution in [0.15, 0.2) is 18.2 Å². The van der Waals surface area contributed by atoms with Crippen LogP contribution in [0.2, 0.25) is 5.02 Å². The molecule has 6 nitrogen and oxygen atoms in total. The first-order valence-corrected chi connectivity index (χ1v) is 5.93. The zero-order chi connectivity index (χ0) is 12.4. The van der Waals surface area contributed by atoms with Gasteiger partial charge in [0.15, 0.2) is 3.95 Å². The van der Waals surface area contributed by atoms with E-state index in [-0.39, 0.29) is 10.7 Å². The first-order chi connectivity index (χ1) is 8.06. The average Bonchev–Trinajstić information content (AvgIpc) is 2.67. The lowest BCUT2D eigenvalue weighted by molar-refractivity contribution is -0.384. The molecule has 2 rings (SSSR count). The third-order valence-electron chi connectivity index (χ3n) is 1.84. The minimum absolute atomic E-state index is 0.0600. The van der Waals surface area contributed by atoms with Gasteiger partial charge in [-0.3, -0.25) is 15.2 Å². The molecule has 0 saturated heterocycles. The number of benzene rings is 1. The number of nitrogens with one attached hydrogen (secondary N) is 2. The van der Waals surface area contributed by atoms with Gasteiger partial charge in [0.05, 0.1) is 15.6 Å². The van der Waals surface area contributed by atoms with Gasteiger partial charge in [0, 0.05) is 12.1 Å². The van der Waals surface area contributed by atoms with Gasteiger partial charge in [-0.15, -0.1) is 5.10 Å². The number of aromatic amines is 1. The topological polar surface area (TPSA) is 83.8 Å². The number of nitro groups is 1. The predicted octanol–water partition coefficient (Wildman–Crippen LogP) is 3.51. The highest BCUT2D eigenvalue weighted by atomic mass is 35.5. The average molecular weight is 289 g/mol. The van der Waals surface area contributed by atoms with E-state index < -0.39 is 4.92 Å². The number of halogens is 1. The summed E-state index contributed by atoms with van der Waals surface area (Å²) >= 11 is 12.0. The summed E-state index contributed by atoms with van der Waals surface area (Å²) in [5.41, 5.74) is 0.477. The van der Waals surface area contributed by atoms with Crippen molar-refractivity contribution in [2.75, 3.05) is 5.32 Å². The number of anilines is 2. The Morgan fingerprint density at radius 3 is 2.88 bits per heavy atom. The summed E-state index contributed by atoms with van der Waals surface area (Å²) in [4.78, 5) is 10.0. The molecule has 0 atom stereocenters. The Balaban J connectivity index is 2.28. The summed E-state index contributed by atoms with van der Waals surface area (Å²) in [7, 11) is 0. The Kier molecular flexibility index (Phi) is 3.36. The summed E-state index contributed by atoms with van der Waals surface area (Å²) in [5.74, 6) is 0. The Hall–Kier alpha value is -1.51. The van der Waals surface area contributed by atoms with Crippen LogP contribution in [0.4, 0.5) is 16.5 Å². The second kappa shape index (κ2) is 4.78. The normalized spacial score (nSPS) is 10.2. The molecule has 0 aliphatic rings. The first kappa shape index (κ1) is 12.0. The van der Waals surface area contributed by atoms with Gasteiger partial charge in [0.2, 0.25) is 5.13 Å². The molecule has 0 unspecified atom stereocenters. The number of hydrogen-bond donors (Lipinski definition) is 2. The molecule has 0 bridgehead atoms. The number of aromatic nitrogens is 2. The van der Waals surface area contributed by atoms with Gasteiger partial charge in [-0.05, 0) is 18.3 Å². The quantitative estimate of drug-likeness (QED) is 0.513. The largest absolute Gasteiger partial charge is 0.329 e. The van der Waals surface area contributed by atoms with Crippen LogP contribution in [0, 0.1) is 14.1 Å². The van der Waals surface area contributed by atoms with Gasteiger partial charge in [-0.1, -0.05) is 22.9 Å². The Bertz CT molecular complexity index is 624. The molecule has 0 aliphatic heterocycles. The van der Waals surface area contributed by atoms with E-state index in [2.05, 4.69) is 15.5 Å². The highest BCUT2D eigenvalue weighted by Gasteiger charge is 2.10. The first-order valence-electron chi connectivity index (χ1n) is 4.33. The molecule has 1 heterocycles. The van der Waals surface area contributed by atoms with Gasteiger partial charge in [0.1, 0.15) is 0 Å². The zero-order valence-electron chi connectivity index (χ0n) is 8.14. The molecule has 0 amide bonds. The van der Waals surface area contributed by atoms with Crippen LogP contribution in [0.1, 0.15) is 0 Å². The smallest absolute Gasteiger partial charge is 0.271 e. The molecular weight excluding hydrogens is 284 g/mol. The van der Waals surface area contributed by atoms with Gasteiger partial charge in [0.25, 0.3) is 5.69 Å². The maximum Gasteiger partial charge on any atom is 0.271 e. The van der Waals surface area contributed by atoms with E-state index in [4.69, 9.17) is 23.8 Å². The molecule has 17 heavy (non-hydrogen) atoms. The Morgan fingerprint density at radius 2 is 2.35 bits per heavy atom. The van der Waals surface area contributed by atoms with E-state index in [0.717, 1.165) is 0 Å². The summed E-state index contributed by atoms with van der Waals surface area (Å²) in [6, 6.07) is 4.15. The van der Waals surface area contributed by atoms with E-state index >= 15 is 0 Å². The molecule has 88 valence electrons. The van der Waals surface area contributed by atoms with Crippen molar-refractivity contribution in [2.45, 2.75) is 0 Å². The molecule has 1 aromatic heterocycles. The summed E-state index contributed by atoms with van der Waals surface area (Å²) in [6.07, 6.45) is 0. The van der Waals surface area contributed by atoms with E-state index in [0.29, 0.717) is 14.8 Å². The summed E-state index contributed by atoms with van der Waals surface area (Å²) in [6.45, 7) is 0. The Morgan fingerprint density at radius 1 is 1.59 bits per heavy atom. The second-order valence-corrected chi connectivity index (χ2v) is 5.04. The molecule has 1 aromatic carbocycles. The SMILES string of the molecule is O=[N+]([O-])c1ccc(Nc2n[nH]c(=S)s2)c(Cl)c1. The lowest BCUT2D eigenvalue weighted by Crippen LogP contribution is -1.93. The number of hydrogen-bond acceptors (Lipinski definition) is 6. The number of H-pyrrole nitrogens is 1. The maximum atomic E-state index is 10.5. The third kappa shape index (κ3) is 2.78. The highest BCUT2D eigenvalue weighted by molar-refractivity contribution is 7.73. The number of rotatable bonds is 3. The molecular formula is C8H5ClN4O2S2. The Labute approximate surface area is 109 Å². The second-order valence-electron chi connectivity index (χ2n) is 2.96. The van der Waals surface area contributed by atoms with Crippen LogP contribution in [0.5, 0.6) is 0 Å². The zero-order valence-corrected chi connectivity index (χ0v) is 10.5. The van der Waals surface area contributed by atoms with Crippen LogP contribution >= 0.6 is 35.2 Å². The molecule has 0 fully saturated rings. The van der Waals surface area contributed by atoms with Crippen LogP contribution in [-0.2, 0) is 0 Å². The van der Waals surface area contributed by atoms with Crippen molar-refractivity contribution < 1.29 is 4.92 Å². The minimum Gasteiger partial charge on any atom is -0.329 e. The fraction of sp³-hybridized carbons (Fsp3) is 0. The third-order valence-corrected chi connectivity index (χ3v) is 3.16. The van der Waals surface area contributed by atoms with Gasteiger partial charge < -0.3 is 5.32 Å². The van der Waals surface area contributed by atoms with Gasteiger partial charge >= 0.3 is 0 Å². The molecule has 0 saturated carbocycles. The lowest BCUT2D eigenvalue weighted by Gasteiger charge is -2.03. The van der Waals surface area contributed by atoms with Crippen molar-refractivity contribution in [3.63, 3.8) is 0 Å². The van der Waals surface area contributed by atoms with Crippen LogP contribution < -0.4 is 5.32 Å². The monoisotopic (exact) mass is 288 g/mol. The molecule has 0 spiro atoms. The van der Waals surface area contributed by atoms with E-state index in [9.17, 15) is 10.1 Å². The molecule has 2 aromatic rings. The van der Waals surface area contributed by atoms with Crippen molar-refractivity contribution in [2.24, 2.45) is 0 Å². The van der Waals surface area contributed by atoms with Crippen molar-refractivity contribution in [1.29, 1.82) is 0 Å². The van der Waals surface area contributed by atoms with E-state index in [1.807, 2.05) is 0 Å². The fourth-order valence-corrected chi connectivity index (χ4v) is 2.14. The molecule has 2 N–H and O–H groups in total. The number of nitrogens with zero attached hydrogens (tertiary/aromatic N) is 2. The van der Waals surface area contributed by atoms with Crippen molar-refractivity contribution >= 4 is 51.7 Å². The van der Waals surface area contributed by atoms with Crippen LogP contribution in [-0.4, -0.2) is 15.1 Å². The van der Waals surface area contributed by atoms with Crippen molar-refractivity contribution in [3.05, 3.63) is 37.3 Å². The lowest BCUT2D eigenvalue weighted by atomic mass is 10.3. The molecule has 0 radical (unpaired) electrons. The highest BCUT2D eigenvalue weighted by Crippen LogP contribution is 2.29. The number of non-ortho nitro benzene ring substituents is 1. The molecule has 0 aliphatic carbocycles. The maximum absolute atomic E-state index is 10.5. The fourth-order valence-electron chi connectivity index (χ4n) is 1.12. The molecule has 9 heteroatoms. The summed E-state index contributed by atoms with van der Waals surface area (Å²) in [5, 5.41) is 20.7. The van der Waals surface area contributed by atoms with Gasteiger partial charge in [-0.2, -0.15) is 0 Å². The van der Waals surface area contributed by atoms with E-state index in [1.165, 1.54) is 29.5 Å². The van der Waals surface area contributed by atoms with Crippen molar-refractivity contribution in [3.8, 4) is 0 Å². The van der Waals surface area contributed by atoms with E-state index in [1.54, 1.807) is 0 Å². The predicted molar refractivity (Wildman–Crippen MR) is 68.7 cm³/mol. The van der Waals surface area contributed by atoms with Crippen LogP contribution in [0.3, 0.4) is 0 Å². The van der Waals surface area contributed by atoms with Gasteiger partial charge in [-0.25, -0.2) is 0 Å². The minimum atomic E-state index is -0.506. The number of nitro benzene ring substituents is 1.